The first-order chi connectivity index (χ1) is 9.73. The SMILES string of the molecule is Cc1cc(C)c(C(N)C(C)(C)c2ccc(F)cc2)c(F)c1. The molecule has 0 aromatic heterocycles. The fourth-order valence-electron chi connectivity index (χ4n) is 2.74. The lowest BCUT2D eigenvalue weighted by molar-refractivity contribution is 0.404. The van der Waals surface area contributed by atoms with E-state index < -0.39 is 11.5 Å². The molecule has 1 atom stereocenters. The molecule has 2 aromatic carbocycles. The Hall–Kier alpha value is -1.74. The Morgan fingerprint density at radius 3 is 2.10 bits per heavy atom. The second kappa shape index (κ2) is 5.57. The molecule has 1 nitrogen and oxygen atoms in total. The molecule has 2 rings (SSSR count). The number of aryl methyl sites for hydroxylation is 2. The Morgan fingerprint density at radius 2 is 1.57 bits per heavy atom. The summed E-state index contributed by atoms with van der Waals surface area (Å²) in [5, 5.41) is 0. The average molecular weight is 289 g/mol. The van der Waals surface area contributed by atoms with Gasteiger partial charge in [0.05, 0.1) is 0 Å². The van der Waals surface area contributed by atoms with Gasteiger partial charge in [0.15, 0.2) is 0 Å². The summed E-state index contributed by atoms with van der Waals surface area (Å²) in [6.45, 7) is 7.62. The summed E-state index contributed by atoms with van der Waals surface area (Å²) in [6, 6.07) is 9.14. The minimum absolute atomic E-state index is 0.282. The van der Waals surface area contributed by atoms with E-state index in [0.29, 0.717) is 5.56 Å². The molecule has 0 heterocycles. The predicted molar refractivity (Wildman–Crippen MR) is 82.2 cm³/mol. The van der Waals surface area contributed by atoms with E-state index in [1.54, 1.807) is 12.1 Å². The van der Waals surface area contributed by atoms with Crippen molar-refractivity contribution < 1.29 is 8.78 Å². The van der Waals surface area contributed by atoms with Crippen LogP contribution in [0, 0.1) is 25.5 Å². The number of hydrogen-bond donors (Lipinski definition) is 1. The van der Waals surface area contributed by atoms with Gasteiger partial charge in [0, 0.05) is 17.0 Å². The van der Waals surface area contributed by atoms with Gasteiger partial charge >= 0.3 is 0 Å². The van der Waals surface area contributed by atoms with E-state index in [9.17, 15) is 8.78 Å². The van der Waals surface area contributed by atoms with Crippen molar-refractivity contribution in [2.24, 2.45) is 5.73 Å². The lowest BCUT2D eigenvalue weighted by atomic mass is 9.74. The van der Waals surface area contributed by atoms with Crippen LogP contribution in [0.5, 0.6) is 0 Å². The molecule has 3 heteroatoms. The Morgan fingerprint density at radius 1 is 1.00 bits per heavy atom. The molecular formula is C18H21F2N. The van der Waals surface area contributed by atoms with Crippen molar-refractivity contribution in [3.8, 4) is 0 Å². The van der Waals surface area contributed by atoms with E-state index in [0.717, 1.165) is 16.7 Å². The van der Waals surface area contributed by atoms with Crippen molar-refractivity contribution in [3.63, 3.8) is 0 Å². The van der Waals surface area contributed by atoms with E-state index in [2.05, 4.69) is 0 Å². The number of benzene rings is 2. The maximum atomic E-state index is 14.3. The smallest absolute Gasteiger partial charge is 0.128 e. The van der Waals surface area contributed by atoms with Crippen LogP contribution < -0.4 is 5.73 Å². The van der Waals surface area contributed by atoms with Crippen molar-refractivity contribution in [2.45, 2.75) is 39.2 Å². The molecule has 0 bridgehead atoms. The van der Waals surface area contributed by atoms with E-state index in [4.69, 9.17) is 5.73 Å². The summed E-state index contributed by atoms with van der Waals surface area (Å²) >= 11 is 0. The van der Waals surface area contributed by atoms with E-state index in [1.165, 1.54) is 18.2 Å². The third kappa shape index (κ3) is 2.98. The van der Waals surface area contributed by atoms with Gasteiger partial charge in [-0.15, -0.1) is 0 Å². The largest absolute Gasteiger partial charge is 0.323 e. The first kappa shape index (κ1) is 15.6. The summed E-state index contributed by atoms with van der Waals surface area (Å²) < 4.78 is 27.4. The van der Waals surface area contributed by atoms with Crippen LogP contribution in [0.25, 0.3) is 0 Å². The van der Waals surface area contributed by atoms with Crippen molar-refractivity contribution in [1.82, 2.24) is 0 Å². The number of rotatable bonds is 3. The quantitative estimate of drug-likeness (QED) is 0.880. The fourth-order valence-corrected chi connectivity index (χ4v) is 2.74. The molecule has 0 spiro atoms. The molecule has 0 saturated heterocycles. The van der Waals surface area contributed by atoms with Gasteiger partial charge in [-0.05, 0) is 48.7 Å². The van der Waals surface area contributed by atoms with Crippen LogP contribution in [-0.2, 0) is 5.41 Å². The Balaban J connectivity index is 2.47. The average Bonchev–Trinajstić information content (AvgIpc) is 2.37. The third-order valence-corrected chi connectivity index (χ3v) is 4.16. The van der Waals surface area contributed by atoms with Gasteiger partial charge in [0.1, 0.15) is 11.6 Å². The molecule has 112 valence electrons. The lowest BCUT2D eigenvalue weighted by Gasteiger charge is -2.33. The lowest BCUT2D eigenvalue weighted by Crippen LogP contribution is -2.34. The van der Waals surface area contributed by atoms with Crippen LogP contribution in [0.15, 0.2) is 36.4 Å². The highest BCUT2D eigenvalue weighted by molar-refractivity contribution is 5.38. The van der Waals surface area contributed by atoms with Gasteiger partial charge in [-0.3, -0.25) is 0 Å². The molecule has 0 aliphatic rings. The molecule has 0 amide bonds. The summed E-state index contributed by atoms with van der Waals surface area (Å²) in [5.41, 5.74) is 8.98. The monoisotopic (exact) mass is 289 g/mol. The summed E-state index contributed by atoms with van der Waals surface area (Å²) in [4.78, 5) is 0. The third-order valence-electron chi connectivity index (χ3n) is 4.16. The minimum atomic E-state index is -0.511. The normalized spacial score (nSPS) is 13.3. The van der Waals surface area contributed by atoms with Gasteiger partial charge in [-0.2, -0.15) is 0 Å². The molecule has 2 aromatic rings. The van der Waals surface area contributed by atoms with Gasteiger partial charge in [0.2, 0.25) is 0 Å². The Kier molecular flexibility index (Phi) is 4.15. The molecule has 0 aliphatic carbocycles. The fraction of sp³-hybridized carbons (Fsp3) is 0.333. The van der Waals surface area contributed by atoms with E-state index in [1.807, 2.05) is 33.8 Å². The van der Waals surface area contributed by atoms with Crippen LogP contribution in [0.3, 0.4) is 0 Å². The maximum Gasteiger partial charge on any atom is 0.128 e. The van der Waals surface area contributed by atoms with Crippen molar-refractivity contribution >= 4 is 0 Å². The molecule has 0 fully saturated rings. The highest BCUT2D eigenvalue weighted by Crippen LogP contribution is 2.37. The summed E-state index contributed by atoms with van der Waals surface area (Å²) in [7, 11) is 0. The second-order valence-corrected chi connectivity index (χ2v) is 6.18. The highest BCUT2D eigenvalue weighted by atomic mass is 19.1. The molecule has 0 saturated carbocycles. The van der Waals surface area contributed by atoms with Crippen LogP contribution in [0.1, 0.15) is 42.1 Å². The van der Waals surface area contributed by atoms with Gasteiger partial charge < -0.3 is 5.73 Å². The Bertz CT molecular complexity index is 622. The zero-order chi connectivity index (χ0) is 15.8. The van der Waals surface area contributed by atoms with Crippen molar-refractivity contribution in [1.29, 1.82) is 0 Å². The molecule has 1 unspecified atom stereocenters. The molecule has 0 aliphatic heterocycles. The summed E-state index contributed by atoms with van der Waals surface area (Å²) in [5.74, 6) is -0.573. The topological polar surface area (TPSA) is 26.0 Å². The number of halogens is 2. The first-order valence-corrected chi connectivity index (χ1v) is 7.01. The summed E-state index contributed by atoms with van der Waals surface area (Å²) in [6.07, 6.45) is 0. The predicted octanol–water partition coefficient (Wildman–Crippen LogP) is 4.56. The molecule has 2 N–H and O–H groups in total. The standard InChI is InChI=1S/C18H21F2N/c1-11-9-12(2)16(15(20)10-11)17(21)18(3,4)13-5-7-14(19)8-6-13/h5-10,17H,21H2,1-4H3. The second-order valence-electron chi connectivity index (χ2n) is 6.18. The zero-order valence-corrected chi connectivity index (χ0v) is 12.9. The Labute approximate surface area is 124 Å². The van der Waals surface area contributed by atoms with Crippen LogP contribution in [0.2, 0.25) is 0 Å². The van der Waals surface area contributed by atoms with Gasteiger partial charge in [0.25, 0.3) is 0 Å². The molecular weight excluding hydrogens is 268 g/mol. The van der Waals surface area contributed by atoms with E-state index in [-0.39, 0.29) is 11.6 Å². The first-order valence-electron chi connectivity index (χ1n) is 7.01. The number of nitrogens with two attached hydrogens (primary N) is 1. The van der Waals surface area contributed by atoms with Crippen molar-refractivity contribution in [2.75, 3.05) is 0 Å². The van der Waals surface area contributed by atoms with Crippen molar-refractivity contribution in [3.05, 3.63) is 70.3 Å². The zero-order valence-electron chi connectivity index (χ0n) is 12.9. The minimum Gasteiger partial charge on any atom is -0.323 e. The number of hydrogen-bond acceptors (Lipinski definition) is 1. The van der Waals surface area contributed by atoms with Crippen LogP contribution in [0.4, 0.5) is 8.78 Å². The van der Waals surface area contributed by atoms with E-state index >= 15 is 0 Å². The van der Waals surface area contributed by atoms with Gasteiger partial charge in [-0.1, -0.05) is 32.0 Å². The molecule has 21 heavy (non-hydrogen) atoms. The van der Waals surface area contributed by atoms with Crippen LogP contribution >= 0.6 is 0 Å². The maximum absolute atomic E-state index is 14.3. The van der Waals surface area contributed by atoms with Gasteiger partial charge in [-0.25, -0.2) is 8.78 Å². The van der Waals surface area contributed by atoms with Crippen LogP contribution in [-0.4, -0.2) is 0 Å². The highest BCUT2D eigenvalue weighted by Gasteiger charge is 2.32. The molecule has 0 radical (unpaired) electrons.